The Bertz CT molecular complexity index is 1280. The third-order valence-corrected chi connectivity index (χ3v) is 7.78. The molecule has 1 fully saturated rings. The molecular weight excluding hydrogens is 459 g/mol. The number of ether oxygens (including phenoxy) is 1. The van der Waals surface area contributed by atoms with Crippen molar-refractivity contribution in [3.05, 3.63) is 88.8 Å². The summed E-state index contributed by atoms with van der Waals surface area (Å²) in [5, 5.41) is 3.24. The number of halogens is 1. The van der Waals surface area contributed by atoms with Gasteiger partial charge in [0.2, 0.25) is 5.91 Å². The quantitative estimate of drug-likeness (QED) is 0.604. The van der Waals surface area contributed by atoms with Gasteiger partial charge in [0.25, 0.3) is 5.91 Å². The zero-order valence-electron chi connectivity index (χ0n) is 20.0. The van der Waals surface area contributed by atoms with Crippen molar-refractivity contribution in [3.63, 3.8) is 0 Å². The van der Waals surface area contributed by atoms with Crippen LogP contribution in [0.3, 0.4) is 0 Å². The summed E-state index contributed by atoms with van der Waals surface area (Å²) in [5.74, 6) is -0.395. The van der Waals surface area contributed by atoms with Crippen LogP contribution < -0.4 is 5.32 Å². The van der Waals surface area contributed by atoms with E-state index >= 15 is 0 Å². The second-order valence-corrected chi connectivity index (χ2v) is 9.91. The lowest BCUT2D eigenvalue weighted by Gasteiger charge is -2.32. The summed E-state index contributed by atoms with van der Waals surface area (Å²) in [6, 6.07) is 14.7. The Morgan fingerprint density at radius 3 is 2.61 bits per heavy atom. The van der Waals surface area contributed by atoms with E-state index in [0.717, 1.165) is 24.1 Å². The highest BCUT2D eigenvalue weighted by atomic mass is 19.1. The highest BCUT2D eigenvalue weighted by molar-refractivity contribution is 5.93. The van der Waals surface area contributed by atoms with Gasteiger partial charge in [-0.2, -0.15) is 0 Å². The van der Waals surface area contributed by atoms with Gasteiger partial charge in [-0.1, -0.05) is 36.4 Å². The summed E-state index contributed by atoms with van der Waals surface area (Å²) < 4.78 is 21.2. The SMILES string of the molecule is O=C(N[C@@H]1CCc2ccccc21)C1CCN(C(=O)c2ncn3c2CO[C@@H](c2ccc(F)cc2)C3)CC1. The Balaban J connectivity index is 1.05. The van der Waals surface area contributed by atoms with Gasteiger partial charge >= 0.3 is 0 Å². The van der Waals surface area contributed by atoms with Crippen LogP contribution in [0.4, 0.5) is 4.39 Å². The molecule has 8 heteroatoms. The predicted molar refractivity (Wildman–Crippen MR) is 130 cm³/mol. The smallest absolute Gasteiger partial charge is 0.274 e. The Morgan fingerprint density at radius 1 is 1.03 bits per heavy atom. The number of rotatable bonds is 4. The van der Waals surface area contributed by atoms with Gasteiger partial charge in [-0.25, -0.2) is 9.37 Å². The van der Waals surface area contributed by atoms with Crippen molar-refractivity contribution in [2.24, 2.45) is 5.92 Å². The molecule has 2 atom stereocenters. The van der Waals surface area contributed by atoms with Gasteiger partial charge in [0, 0.05) is 19.0 Å². The Labute approximate surface area is 209 Å². The Hall–Kier alpha value is -3.52. The fourth-order valence-electron chi connectivity index (χ4n) is 5.68. The fourth-order valence-corrected chi connectivity index (χ4v) is 5.68. The van der Waals surface area contributed by atoms with Crippen molar-refractivity contribution in [1.29, 1.82) is 0 Å². The maximum atomic E-state index is 13.3. The first kappa shape index (κ1) is 22.9. The minimum absolute atomic E-state index is 0.0856. The lowest BCUT2D eigenvalue weighted by Crippen LogP contribution is -2.44. The number of piperidine rings is 1. The maximum absolute atomic E-state index is 13.3. The summed E-state index contributed by atoms with van der Waals surface area (Å²) in [4.78, 5) is 32.4. The number of carbonyl (C=O) groups excluding carboxylic acids is 2. The first-order valence-corrected chi connectivity index (χ1v) is 12.7. The summed E-state index contributed by atoms with van der Waals surface area (Å²) in [7, 11) is 0. The first-order chi connectivity index (χ1) is 17.6. The molecule has 2 amide bonds. The third kappa shape index (κ3) is 4.30. The van der Waals surface area contributed by atoms with Crippen molar-refractivity contribution in [2.75, 3.05) is 13.1 Å². The summed E-state index contributed by atoms with van der Waals surface area (Å²) in [6.07, 6.45) is 4.70. The summed E-state index contributed by atoms with van der Waals surface area (Å²) in [5.41, 5.74) is 4.62. The van der Waals surface area contributed by atoms with Crippen molar-refractivity contribution in [1.82, 2.24) is 19.8 Å². The van der Waals surface area contributed by atoms with Crippen molar-refractivity contribution >= 4 is 11.8 Å². The van der Waals surface area contributed by atoms with Gasteiger partial charge in [0.05, 0.1) is 31.2 Å². The van der Waals surface area contributed by atoms with Crippen molar-refractivity contribution in [2.45, 2.75) is 51.0 Å². The molecule has 2 aromatic carbocycles. The number of nitrogens with zero attached hydrogens (tertiary/aromatic N) is 3. The molecule has 0 saturated carbocycles. The average molecular weight is 489 g/mol. The first-order valence-electron chi connectivity index (χ1n) is 12.7. The number of aryl methyl sites for hydroxylation is 1. The highest BCUT2D eigenvalue weighted by Gasteiger charge is 2.33. The fraction of sp³-hybridized carbons (Fsp3) is 0.393. The Morgan fingerprint density at radius 2 is 1.81 bits per heavy atom. The maximum Gasteiger partial charge on any atom is 0.274 e. The van der Waals surface area contributed by atoms with Crippen LogP contribution in [0.1, 0.15) is 64.3 Å². The lowest BCUT2D eigenvalue weighted by atomic mass is 9.95. The molecule has 1 aliphatic carbocycles. The van der Waals surface area contributed by atoms with E-state index in [2.05, 4.69) is 22.4 Å². The third-order valence-electron chi connectivity index (χ3n) is 7.78. The normalized spacial score (nSPS) is 21.6. The van der Waals surface area contributed by atoms with Gasteiger partial charge < -0.3 is 19.5 Å². The molecule has 0 unspecified atom stereocenters. The van der Waals surface area contributed by atoms with E-state index in [0.29, 0.717) is 38.2 Å². The second-order valence-electron chi connectivity index (χ2n) is 9.91. The molecule has 6 rings (SSSR count). The van der Waals surface area contributed by atoms with Gasteiger partial charge in [-0.3, -0.25) is 9.59 Å². The predicted octanol–water partition coefficient (Wildman–Crippen LogP) is 3.95. The van der Waals surface area contributed by atoms with Crippen LogP contribution in [0, 0.1) is 11.7 Å². The van der Waals surface area contributed by atoms with Crippen molar-refractivity contribution in [3.8, 4) is 0 Å². The molecule has 1 saturated heterocycles. The molecule has 3 aliphatic rings. The highest BCUT2D eigenvalue weighted by Crippen LogP contribution is 2.32. The number of imidazole rings is 1. The average Bonchev–Trinajstić information content (AvgIpc) is 3.53. The van der Waals surface area contributed by atoms with Gasteiger partial charge in [-0.15, -0.1) is 0 Å². The minimum atomic E-state index is -0.282. The number of likely N-dealkylation sites (tertiary alicyclic amines) is 1. The van der Waals surface area contributed by atoms with E-state index in [-0.39, 0.29) is 42.3 Å². The van der Waals surface area contributed by atoms with Gasteiger partial charge in [-0.05, 0) is 54.5 Å². The molecular formula is C28H29FN4O3. The summed E-state index contributed by atoms with van der Waals surface area (Å²) in [6.45, 7) is 1.85. The number of hydrogen-bond acceptors (Lipinski definition) is 4. The van der Waals surface area contributed by atoms with Crippen LogP contribution in [0.5, 0.6) is 0 Å². The topological polar surface area (TPSA) is 76.5 Å². The van der Waals surface area contributed by atoms with E-state index in [1.165, 1.54) is 23.3 Å². The van der Waals surface area contributed by atoms with E-state index in [1.54, 1.807) is 23.4 Å². The zero-order chi connectivity index (χ0) is 24.6. The molecule has 0 spiro atoms. The molecule has 0 bridgehead atoms. The summed E-state index contributed by atoms with van der Waals surface area (Å²) >= 11 is 0. The minimum Gasteiger partial charge on any atom is -0.365 e. The van der Waals surface area contributed by atoms with Gasteiger partial charge in [0.15, 0.2) is 5.69 Å². The standard InChI is InChI=1S/C28H29FN4O3/c29-21-8-5-19(6-9-21)25-15-33-17-30-26(24(33)16-36-25)28(35)32-13-11-20(12-14-32)27(34)31-23-10-7-18-3-1-2-4-22(18)23/h1-6,8-9,17,20,23,25H,7,10-16H2,(H,31,34)/t23-,25-/m1/s1. The van der Waals surface area contributed by atoms with E-state index in [9.17, 15) is 14.0 Å². The molecule has 186 valence electrons. The van der Waals surface area contributed by atoms with E-state index < -0.39 is 0 Å². The number of fused-ring (bicyclic) bond motifs is 2. The number of benzene rings is 2. The largest absolute Gasteiger partial charge is 0.365 e. The molecule has 3 aromatic rings. The number of hydrogen-bond donors (Lipinski definition) is 1. The number of carbonyl (C=O) groups is 2. The van der Waals surface area contributed by atoms with Crippen LogP contribution >= 0.6 is 0 Å². The second kappa shape index (κ2) is 9.50. The van der Waals surface area contributed by atoms with Gasteiger partial charge in [0.1, 0.15) is 11.9 Å². The van der Waals surface area contributed by atoms with Crippen LogP contribution in [0.2, 0.25) is 0 Å². The number of nitrogens with one attached hydrogen (secondary N) is 1. The molecule has 3 heterocycles. The van der Waals surface area contributed by atoms with Crippen LogP contribution in [0.15, 0.2) is 54.9 Å². The molecule has 7 nitrogen and oxygen atoms in total. The van der Waals surface area contributed by atoms with Crippen LogP contribution in [0.25, 0.3) is 0 Å². The molecule has 2 aliphatic heterocycles. The molecule has 1 N–H and O–H groups in total. The van der Waals surface area contributed by atoms with Crippen LogP contribution in [-0.2, 0) is 29.1 Å². The number of amides is 2. The van der Waals surface area contributed by atoms with E-state index in [1.807, 2.05) is 16.7 Å². The molecule has 0 radical (unpaired) electrons. The molecule has 1 aromatic heterocycles. The van der Waals surface area contributed by atoms with Crippen LogP contribution in [-0.4, -0.2) is 39.4 Å². The van der Waals surface area contributed by atoms with Crippen molar-refractivity contribution < 1.29 is 18.7 Å². The zero-order valence-corrected chi connectivity index (χ0v) is 20.0. The molecule has 36 heavy (non-hydrogen) atoms. The lowest BCUT2D eigenvalue weighted by molar-refractivity contribution is -0.127. The Kier molecular flexibility index (Phi) is 6.05. The monoisotopic (exact) mass is 488 g/mol. The number of aromatic nitrogens is 2. The van der Waals surface area contributed by atoms with E-state index in [4.69, 9.17) is 4.74 Å².